The molecule has 3 aliphatic rings. The second kappa shape index (κ2) is 14.9. The Bertz CT molecular complexity index is 3120. The molecule has 0 unspecified atom stereocenters. The van der Waals surface area contributed by atoms with Crippen molar-refractivity contribution in [2.24, 2.45) is 0 Å². The number of hydrogen-bond donors (Lipinski definition) is 0. The highest BCUT2D eigenvalue weighted by molar-refractivity contribution is 7.00. The van der Waals surface area contributed by atoms with Gasteiger partial charge in [0, 0.05) is 33.7 Å². The molecule has 0 spiro atoms. The summed E-state index contributed by atoms with van der Waals surface area (Å²) in [6, 6.07) is 43.4. The Morgan fingerprint density at radius 2 is 1.09 bits per heavy atom. The van der Waals surface area contributed by atoms with Crippen LogP contribution in [0.4, 0.5) is 34.1 Å². The quantitative estimate of drug-likeness (QED) is 0.164. The van der Waals surface area contributed by atoms with Gasteiger partial charge in [0.1, 0.15) is 5.58 Å². The fraction of sp³-hybridized carbons (Fsp3) is 0.387. The molecule has 0 saturated heterocycles. The molecule has 67 heavy (non-hydrogen) atoms. The largest absolute Gasteiger partial charge is 0.468 e. The maximum Gasteiger partial charge on any atom is 0.297 e. The Balaban J connectivity index is 1.33. The standard InChI is InChI=1S/C62H73BN2OSi/c1-38-32-52-55-53(33-38)65(51-37-48-47(61(11,12)30-31-62(48,13)14)36-45(51)39-18-26-44(27-19-39)67(15,16)17)50-28-22-42(60(8,9)10)35-49(50)63(55)57-56(46-34-41(59(5,6)7)23-29-54(46)66-57)64(52)43-24-20-40(21-25-43)58(2,3)4/h18-29,32-37H,30-31H2,1-17H3. The van der Waals surface area contributed by atoms with E-state index in [2.05, 4.69) is 236 Å². The number of rotatable bonds is 4. The first-order chi connectivity index (χ1) is 31.1. The molecular formula is C62H73BN2OSi. The number of furan rings is 1. The summed E-state index contributed by atoms with van der Waals surface area (Å²) in [5.41, 5.74) is 22.4. The lowest BCUT2D eigenvalue weighted by atomic mass is 9.35. The van der Waals surface area contributed by atoms with Gasteiger partial charge in [0.2, 0.25) is 0 Å². The molecule has 5 heteroatoms. The zero-order chi connectivity index (χ0) is 48.1. The minimum atomic E-state index is -1.53. The Morgan fingerprint density at radius 1 is 0.552 bits per heavy atom. The van der Waals surface area contributed by atoms with E-state index in [0.29, 0.717) is 0 Å². The van der Waals surface area contributed by atoms with Crippen LogP contribution in [0.5, 0.6) is 0 Å². The van der Waals surface area contributed by atoms with Gasteiger partial charge in [-0.1, -0.05) is 169 Å². The first kappa shape index (κ1) is 45.5. The van der Waals surface area contributed by atoms with Crippen LogP contribution < -0.4 is 31.6 Å². The summed E-state index contributed by atoms with van der Waals surface area (Å²) in [6.45, 7) is 40.2. The van der Waals surface area contributed by atoms with E-state index in [9.17, 15) is 0 Å². The minimum absolute atomic E-state index is 0.0220. The average molecular weight is 901 g/mol. The molecule has 1 aliphatic carbocycles. The Kier molecular flexibility index (Phi) is 10.1. The maximum atomic E-state index is 7.39. The van der Waals surface area contributed by atoms with Gasteiger partial charge in [-0.2, -0.15) is 0 Å². The smallest absolute Gasteiger partial charge is 0.297 e. The number of fused-ring (bicyclic) bond motifs is 7. The van der Waals surface area contributed by atoms with Crippen molar-refractivity contribution in [3.05, 3.63) is 143 Å². The summed E-state index contributed by atoms with van der Waals surface area (Å²) in [7, 11) is -1.53. The summed E-state index contributed by atoms with van der Waals surface area (Å²) in [4.78, 5) is 5.21. The summed E-state index contributed by atoms with van der Waals surface area (Å²) >= 11 is 0. The van der Waals surface area contributed by atoms with Gasteiger partial charge >= 0.3 is 0 Å². The third-order valence-corrected chi connectivity index (χ3v) is 17.9. The Labute approximate surface area is 404 Å². The van der Waals surface area contributed by atoms with E-state index >= 15 is 0 Å². The van der Waals surface area contributed by atoms with Crippen LogP contribution in [0.25, 0.3) is 22.1 Å². The molecule has 7 aromatic rings. The topological polar surface area (TPSA) is 19.6 Å². The van der Waals surface area contributed by atoms with Crippen LogP contribution in [0.1, 0.15) is 136 Å². The summed E-state index contributed by atoms with van der Waals surface area (Å²) in [5, 5.41) is 2.65. The van der Waals surface area contributed by atoms with Gasteiger partial charge in [0.15, 0.2) is 0 Å². The molecule has 3 heterocycles. The predicted molar refractivity (Wildman–Crippen MR) is 295 cm³/mol. The number of nitrogens with zero attached hydrogens (tertiary/aromatic N) is 2. The van der Waals surface area contributed by atoms with Crippen molar-refractivity contribution in [2.45, 2.75) is 156 Å². The molecule has 344 valence electrons. The molecule has 0 radical (unpaired) electrons. The lowest BCUT2D eigenvalue weighted by Gasteiger charge is -2.45. The molecule has 0 saturated carbocycles. The van der Waals surface area contributed by atoms with Crippen molar-refractivity contribution in [3.63, 3.8) is 0 Å². The van der Waals surface area contributed by atoms with Gasteiger partial charge in [-0.25, -0.2) is 0 Å². The lowest BCUT2D eigenvalue weighted by Crippen LogP contribution is -2.61. The van der Waals surface area contributed by atoms with Gasteiger partial charge in [0.25, 0.3) is 6.71 Å². The highest BCUT2D eigenvalue weighted by Crippen LogP contribution is 2.54. The number of aryl methyl sites for hydroxylation is 1. The zero-order valence-electron chi connectivity index (χ0n) is 43.7. The van der Waals surface area contributed by atoms with Gasteiger partial charge in [0.05, 0.1) is 25.1 Å². The molecule has 0 bridgehead atoms. The van der Waals surface area contributed by atoms with Crippen molar-refractivity contribution in [2.75, 3.05) is 9.80 Å². The van der Waals surface area contributed by atoms with Crippen LogP contribution in [0, 0.1) is 6.92 Å². The second-order valence-corrected chi connectivity index (χ2v) is 31.0. The van der Waals surface area contributed by atoms with Gasteiger partial charge in [-0.3, -0.25) is 0 Å². The number of hydrogen-bond acceptors (Lipinski definition) is 3. The van der Waals surface area contributed by atoms with Crippen LogP contribution in [0.2, 0.25) is 19.6 Å². The zero-order valence-corrected chi connectivity index (χ0v) is 44.7. The van der Waals surface area contributed by atoms with Gasteiger partial charge in [-0.05, 0) is 151 Å². The minimum Gasteiger partial charge on any atom is -0.468 e. The summed E-state index contributed by atoms with van der Waals surface area (Å²) < 4.78 is 7.39. The molecule has 6 aromatic carbocycles. The van der Waals surface area contributed by atoms with E-state index in [0.717, 1.165) is 34.4 Å². The van der Waals surface area contributed by atoms with E-state index in [-0.39, 0.29) is 33.8 Å². The Hall–Kier alpha value is -5.26. The van der Waals surface area contributed by atoms with Crippen LogP contribution >= 0.6 is 0 Å². The fourth-order valence-corrected chi connectivity index (χ4v) is 12.5. The van der Waals surface area contributed by atoms with Gasteiger partial charge < -0.3 is 14.2 Å². The van der Waals surface area contributed by atoms with Crippen molar-refractivity contribution in [1.29, 1.82) is 0 Å². The first-order valence-electron chi connectivity index (χ1n) is 25.0. The molecule has 2 aliphatic heterocycles. The van der Waals surface area contributed by atoms with Crippen molar-refractivity contribution < 1.29 is 4.42 Å². The molecule has 1 aromatic heterocycles. The van der Waals surface area contributed by atoms with Crippen LogP contribution in [-0.2, 0) is 27.1 Å². The average Bonchev–Trinajstić information content (AvgIpc) is 3.62. The molecule has 10 rings (SSSR count). The highest BCUT2D eigenvalue weighted by Gasteiger charge is 2.48. The highest BCUT2D eigenvalue weighted by atomic mass is 28.3. The van der Waals surface area contributed by atoms with E-state index < -0.39 is 8.07 Å². The molecule has 3 nitrogen and oxygen atoms in total. The third-order valence-electron chi connectivity index (χ3n) is 15.8. The molecule has 0 N–H and O–H groups in total. The van der Waals surface area contributed by atoms with E-state index in [1.165, 1.54) is 89.8 Å². The molecule has 0 fully saturated rings. The maximum absolute atomic E-state index is 7.39. The van der Waals surface area contributed by atoms with E-state index in [1.807, 2.05) is 0 Å². The van der Waals surface area contributed by atoms with Gasteiger partial charge in [-0.15, -0.1) is 0 Å². The third kappa shape index (κ3) is 7.45. The second-order valence-electron chi connectivity index (χ2n) is 25.9. The van der Waals surface area contributed by atoms with Crippen LogP contribution in [0.15, 0.2) is 114 Å². The molecular weight excluding hydrogens is 828 g/mol. The normalized spacial score (nSPS) is 16.5. The van der Waals surface area contributed by atoms with E-state index in [1.54, 1.807) is 0 Å². The predicted octanol–water partition coefficient (Wildman–Crippen LogP) is 15.3. The molecule has 0 atom stereocenters. The number of benzene rings is 6. The summed E-state index contributed by atoms with van der Waals surface area (Å²) in [6.07, 6.45) is 2.32. The monoisotopic (exact) mass is 901 g/mol. The number of anilines is 6. The summed E-state index contributed by atoms with van der Waals surface area (Å²) in [5.74, 6) is 0. The fourth-order valence-electron chi connectivity index (χ4n) is 11.4. The SMILES string of the molecule is Cc1cc2c3c(c1)N(c1ccc(C(C)(C)C)cc1)c1c(oc4ccc(C(C)(C)C)cc14)B3c1cc(C(C)(C)C)ccc1N2c1cc2c(cc1-c1ccc([Si](C)(C)C)cc1)C(C)(C)CCC2(C)C. The lowest BCUT2D eigenvalue weighted by molar-refractivity contribution is 0.332. The van der Waals surface area contributed by atoms with Crippen molar-refractivity contribution in [3.8, 4) is 11.1 Å². The van der Waals surface area contributed by atoms with Crippen molar-refractivity contribution in [1.82, 2.24) is 0 Å². The first-order valence-corrected chi connectivity index (χ1v) is 28.5. The van der Waals surface area contributed by atoms with E-state index in [4.69, 9.17) is 4.42 Å². The molecule has 0 amide bonds. The Morgan fingerprint density at radius 3 is 1.67 bits per heavy atom. The van der Waals surface area contributed by atoms with Crippen LogP contribution in [-0.4, -0.2) is 14.8 Å². The van der Waals surface area contributed by atoms with Crippen molar-refractivity contribution >= 4 is 81.7 Å². The van der Waals surface area contributed by atoms with Crippen LogP contribution in [0.3, 0.4) is 0 Å².